The van der Waals surface area contributed by atoms with Gasteiger partial charge in [-0.3, -0.25) is 4.79 Å². The van der Waals surface area contributed by atoms with Gasteiger partial charge in [-0.2, -0.15) is 0 Å². The van der Waals surface area contributed by atoms with Crippen LogP contribution in [0.15, 0.2) is 27.8 Å². The van der Waals surface area contributed by atoms with Crippen LogP contribution in [0.4, 0.5) is 5.69 Å². The molecule has 1 aromatic carbocycles. The van der Waals surface area contributed by atoms with E-state index in [2.05, 4.69) is 26.4 Å². The molecule has 1 aliphatic rings. The molecule has 0 spiro atoms. The average Bonchev–Trinajstić information content (AvgIpc) is 2.37. The van der Waals surface area contributed by atoms with Crippen LogP contribution < -0.4 is 11.1 Å². The summed E-state index contributed by atoms with van der Waals surface area (Å²) in [5, 5.41) is 15.3. The Morgan fingerprint density at radius 1 is 1.60 bits per heavy atom. The zero-order chi connectivity index (χ0) is 14.9. The second-order valence-corrected chi connectivity index (χ2v) is 6.45. The largest absolute Gasteiger partial charge is 0.409 e. The van der Waals surface area contributed by atoms with Gasteiger partial charge in [0.15, 0.2) is 5.84 Å². The molecule has 0 aromatic heterocycles. The van der Waals surface area contributed by atoms with E-state index in [1.54, 1.807) is 18.2 Å². The van der Waals surface area contributed by atoms with Crippen LogP contribution in [0.25, 0.3) is 0 Å². The Kier molecular flexibility index (Phi) is 4.25. The Morgan fingerprint density at radius 2 is 2.25 bits per heavy atom. The van der Waals surface area contributed by atoms with Crippen LogP contribution in [0.1, 0.15) is 19.8 Å². The van der Waals surface area contributed by atoms with Gasteiger partial charge in [-0.05, 0) is 52.9 Å². The maximum absolute atomic E-state index is 12.5. The fourth-order valence-corrected chi connectivity index (χ4v) is 3.35. The lowest BCUT2D eigenvalue weighted by molar-refractivity contribution is -0.127. The lowest BCUT2D eigenvalue weighted by atomic mass is 9.61. The molecule has 0 atom stereocenters. The molecular weight excluding hydrogens is 346 g/mol. The smallest absolute Gasteiger partial charge is 0.238 e. The van der Waals surface area contributed by atoms with Gasteiger partial charge in [0.1, 0.15) is 5.41 Å². The van der Waals surface area contributed by atoms with Gasteiger partial charge in [0.25, 0.3) is 0 Å². The van der Waals surface area contributed by atoms with Crippen LogP contribution in [-0.4, -0.2) is 17.0 Å². The van der Waals surface area contributed by atoms with E-state index >= 15 is 0 Å². The summed E-state index contributed by atoms with van der Waals surface area (Å²) >= 11 is 9.20. The van der Waals surface area contributed by atoms with E-state index in [1.165, 1.54) is 0 Å². The van der Waals surface area contributed by atoms with E-state index in [9.17, 15) is 4.79 Å². The minimum Gasteiger partial charge on any atom is -0.409 e. The molecule has 0 heterocycles. The number of oxime groups is 1. The number of anilines is 1. The first-order valence-corrected chi connectivity index (χ1v) is 7.30. The standard InChI is InChI=1S/C13H15BrClN3O2/c1-7-5-13(6-7,11(16)18-20)12(19)17-10-3-2-8(15)4-9(10)14/h2-4,7,20H,5-6H2,1H3,(H2,16,18)(H,17,19). The van der Waals surface area contributed by atoms with E-state index in [0.29, 0.717) is 33.9 Å². The molecule has 4 N–H and O–H groups in total. The molecule has 1 aromatic rings. The number of nitrogens with zero attached hydrogens (tertiary/aromatic N) is 1. The summed E-state index contributed by atoms with van der Waals surface area (Å²) in [7, 11) is 0. The first kappa shape index (κ1) is 15.1. The van der Waals surface area contributed by atoms with Crippen molar-refractivity contribution in [1.29, 1.82) is 0 Å². The third-order valence-corrected chi connectivity index (χ3v) is 4.50. The second kappa shape index (κ2) is 5.61. The number of amidine groups is 1. The SMILES string of the molecule is CC1CC(C(=O)Nc2ccc(Cl)cc2Br)(/C(N)=N/O)C1. The molecule has 7 heteroatoms. The number of carbonyl (C=O) groups is 1. The number of nitrogens with one attached hydrogen (secondary N) is 1. The lowest BCUT2D eigenvalue weighted by Gasteiger charge is -2.43. The number of benzene rings is 1. The minimum atomic E-state index is -0.923. The van der Waals surface area contributed by atoms with Crippen molar-refractivity contribution in [3.63, 3.8) is 0 Å². The first-order valence-electron chi connectivity index (χ1n) is 6.13. The summed E-state index contributed by atoms with van der Waals surface area (Å²) in [5.74, 6) is 0.0572. The zero-order valence-corrected chi connectivity index (χ0v) is 13.2. The van der Waals surface area contributed by atoms with Gasteiger partial charge < -0.3 is 16.3 Å². The maximum atomic E-state index is 12.5. The fraction of sp³-hybridized carbons (Fsp3) is 0.385. The highest BCUT2D eigenvalue weighted by Gasteiger charge is 2.52. The molecular formula is C13H15BrClN3O2. The summed E-state index contributed by atoms with van der Waals surface area (Å²) in [6.07, 6.45) is 1.14. The Balaban J connectivity index is 2.22. The van der Waals surface area contributed by atoms with Crippen molar-refractivity contribution >= 4 is 45.0 Å². The topological polar surface area (TPSA) is 87.7 Å². The maximum Gasteiger partial charge on any atom is 0.238 e. The Labute approximate surface area is 130 Å². The van der Waals surface area contributed by atoms with Gasteiger partial charge in [-0.15, -0.1) is 0 Å². The summed E-state index contributed by atoms with van der Waals surface area (Å²) in [4.78, 5) is 12.5. The van der Waals surface area contributed by atoms with Gasteiger partial charge in [0, 0.05) is 9.50 Å². The van der Waals surface area contributed by atoms with Crippen LogP contribution >= 0.6 is 27.5 Å². The molecule has 1 fully saturated rings. The minimum absolute atomic E-state index is 0.0433. The summed E-state index contributed by atoms with van der Waals surface area (Å²) in [6.45, 7) is 2.02. The monoisotopic (exact) mass is 359 g/mol. The van der Waals surface area contributed by atoms with Gasteiger partial charge in [0.2, 0.25) is 5.91 Å². The third kappa shape index (κ3) is 2.62. The van der Waals surface area contributed by atoms with Gasteiger partial charge in [0.05, 0.1) is 5.69 Å². The van der Waals surface area contributed by atoms with Crippen LogP contribution in [0.5, 0.6) is 0 Å². The highest BCUT2D eigenvalue weighted by Crippen LogP contribution is 2.46. The Bertz CT molecular complexity index is 571. The normalized spacial score (nSPS) is 25.9. The number of halogens is 2. The van der Waals surface area contributed by atoms with E-state index in [-0.39, 0.29) is 11.7 Å². The molecule has 108 valence electrons. The van der Waals surface area contributed by atoms with Crippen LogP contribution in [0.2, 0.25) is 5.02 Å². The molecule has 1 amide bonds. The van der Waals surface area contributed by atoms with Crippen LogP contribution in [0.3, 0.4) is 0 Å². The predicted octanol–water partition coefficient (Wildman–Crippen LogP) is 3.20. The van der Waals surface area contributed by atoms with Gasteiger partial charge in [-0.1, -0.05) is 23.7 Å². The van der Waals surface area contributed by atoms with Crippen LogP contribution in [-0.2, 0) is 4.79 Å². The molecule has 0 aliphatic heterocycles. The van der Waals surface area contributed by atoms with E-state index in [0.717, 1.165) is 0 Å². The Hall–Kier alpha value is -1.27. The van der Waals surface area contributed by atoms with Crippen molar-refractivity contribution in [2.24, 2.45) is 22.2 Å². The molecule has 0 radical (unpaired) electrons. The second-order valence-electron chi connectivity index (χ2n) is 5.16. The van der Waals surface area contributed by atoms with Crippen molar-refractivity contribution < 1.29 is 10.0 Å². The molecule has 0 saturated heterocycles. The third-order valence-electron chi connectivity index (χ3n) is 3.61. The molecule has 1 aliphatic carbocycles. The summed E-state index contributed by atoms with van der Waals surface area (Å²) in [6, 6.07) is 5.07. The van der Waals surface area contributed by atoms with Crippen molar-refractivity contribution in [3.8, 4) is 0 Å². The molecule has 2 rings (SSSR count). The highest BCUT2D eigenvalue weighted by atomic mass is 79.9. The lowest BCUT2D eigenvalue weighted by Crippen LogP contribution is -2.54. The zero-order valence-electron chi connectivity index (χ0n) is 10.9. The summed E-state index contributed by atoms with van der Waals surface area (Å²) < 4.78 is 0.681. The van der Waals surface area contributed by atoms with Crippen molar-refractivity contribution in [2.45, 2.75) is 19.8 Å². The van der Waals surface area contributed by atoms with Crippen LogP contribution in [0, 0.1) is 11.3 Å². The summed E-state index contributed by atoms with van der Waals surface area (Å²) in [5.41, 5.74) is 5.38. The number of nitrogens with two attached hydrogens (primary N) is 1. The number of hydrogen-bond donors (Lipinski definition) is 3. The average molecular weight is 361 g/mol. The molecule has 0 bridgehead atoms. The van der Waals surface area contributed by atoms with E-state index < -0.39 is 5.41 Å². The van der Waals surface area contributed by atoms with Crippen molar-refractivity contribution in [3.05, 3.63) is 27.7 Å². The number of amides is 1. The quantitative estimate of drug-likeness (QED) is 0.335. The molecule has 0 unspecified atom stereocenters. The van der Waals surface area contributed by atoms with Crippen molar-refractivity contribution in [1.82, 2.24) is 0 Å². The fourth-order valence-electron chi connectivity index (χ4n) is 2.57. The predicted molar refractivity (Wildman–Crippen MR) is 82.0 cm³/mol. The highest BCUT2D eigenvalue weighted by molar-refractivity contribution is 9.10. The number of rotatable bonds is 3. The molecule has 1 saturated carbocycles. The Morgan fingerprint density at radius 3 is 2.75 bits per heavy atom. The van der Waals surface area contributed by atoms with E-state index in [4.69, 9.17) is 22.5 Å². The first-order chi connectivity index (χ1) is 9.39. The van der Waals surface area contributed by atoms with Gasteiger partial charge >= 0.3 is 0 Å². The van der Waals surface area contributed by atoms with E-state index in [1.807, 2.05) is 6.92 Å². The number of carbonyl (C=O) groups excluding carboxylic acids is 1. The molecule has 5 nitrogen and oxygen atoms in total. The van der Waals surface area contributed by atoms with Gasteiger partial charge in [-0.25, -0.2) is 0 Å². The molecule has 20 heavy (non-hydrogen) atoms. The van der Waals surface area contributed by atoms with Crippen molar-refractivity contribution in [2.75, 3.05) is 5.32 Å². The number of hydrogen-bond acceptors (Lipinski definition) is 3.